The van der Waals surface area contributed by atoms with Gasteiger partial charge in [0.1, 0.15) is 0 Å². The summed E-state index contributed by atoms with van der Waals surface area (Å²) in [6.45, 7) is 4.24. The van der Waals surface area contributed by atoms with Crippen molar-refractivity contribution in [3.63, 3.8) is 0 Å². The molecule has 0 atom stereocenters. The Labute approximate surface area is 325 Å². The summed E-state index contributed by atoms with van der Waals surface area (Å²) in [4.78, 5) is 0. The topological polar surface area (TPSA) is 57.4 Å². The number of aromatic nitrogens is 2. The summed E-state index contributed by atoms with van der Waals surface area (Å²) in [7, 11) is 0. The van der Waals surface area contributed by atoms with Gasteiger partial charge in [-0.25, -0.2) is 0 Å². The maximum Gasteiger partial charge on any atom is 0.0993 e. The van der Waals surface area contributed by atoms with E-state index < -0.39 is 0 Å². The highest BCUT2D eigenvalue weighted by molar-refractivity contribution is 6.13. The predicted octanol–water partition coefficient (Wildman–Crippen LogP) is 13.2. The second kappa shape index (κ2) is 13.0. The largest absolute Gasteiger partial charge is 0.308 e. The smallest absolute Gasteiger partial charge is 0.0993 e. The van der Waals surface area contributed by atoms with E-state index in [2.05, 4.69) is 169 Å². The van der Waals surface area contributed by atoms with Gasteiger partial charge in [-0.05, 0) is 90.2 Å². The molecule has 262 valence electrons. The van der Waals surface area contributed by atoms with Crippen molar-refractivity contribution in [1.82, 2.24) is 9.13 Å². The maximum absolute atomic E-state index is 10.8. The quantitative estimate of drug-likeness (QED) is 0.178. The summed E-state index contributed by atoms with van der Waals surface area (Å²) >= 11 is 0. The third-order valence-electron chi connectivity index (χ3n) is 11.1. The van der Waals surface area contributed by atoms with Gasteiger partial charge in [0.2, 0.25) is 0 Å². The first-order chi connectivity index (χ1) is 27.5. The molecule has 0 radical (unpaired) electrons. The molecular formula is C52H34N4. The van der Waals surface area contributed by atoms with Crippen LogP contribution in [-0.2, 0) is 0 Å². The zero-order chi connectivity index (χ0) is 37.9. The SMILES string of the molecule is Cc1cccc(-c2ccc3c4ccccc4n(-c4cc(C#N)cc(-n5c6ccccc6c6ccc(-c7cccc(C)c7)cc65)c4-c4ccc(C#N)cc4)c3c2)c1. The molecule has 0 spiro atoms. The van der Waals surface area contributed by atoms with Crippen LogP contribution in [-0.4, -0.2) is 9.13 Å². The minimum Gasteiger partial charge on any atom is -0.308 e. The fourth-order valence-corrected chi connectivity index (χ4v) is 8.50. The van der Waals surface area contributed by atoms with Gasteiger partial charge in [-0.2, -0.15) is 10.5 Å². The molecular weight excluding hydrogens is 681 g/mol. The molecule has 56 heavy (non-hydrogen) atoms. The molecule has 2 aromatic heterocycles. The van der Waals surface area contributed by atoms with Crippen LogP contribution in [0.5, 0.6) is 0 Å². The van der Waals surface area contributed by atoms with Gasteiger partial charge in [0, 0.05) is 27.1 Å². The molecule has 2 heterocycles. The van der Waals surface area contributed by atoms with Crippen LogP contribution in [0, 0.1) is 36.5 Å². The average Bonchev–Trinajstić information content (AvgIpc) is 3.75. The van der Waals surface area contributed by atoms with E-state index in [-0.39, 0.29) is 0 Å². The molecule has 10 aromatic rings. The third kappa shape index (κ3) is 5.28. The van der Waals surface area contributed by atoms with Crippen molar-refractivity contribution in [1.29, 1.82) is 10.5 Å². The first-order valence-corrected chi connectivity index (χ1v) is 18.8. The predicted molar refractivity (Wildman–Crippen MR) is 230 cm³/mol. The minimum atomic E-state index is 0.550. The molecule has 0 aliphatic rings. The molecule has 0 unspecified atom stereocenters. The zero-order valence-corrected chi connectivity index (χ0v) is 31.0. The van der Waals surface area contributed by atoms with E-state index in [1.165, 1.54) is 11.1 Å². The van der Waals surface area contributed by atoms with Gasteiger partial charge in [-0.3, -0.25) is 0 Å². The van der Waals surface area contributed by atoms with E-state index >= 15 is 0 Å². The van der Waals surface area contributed by atoms with Crippen LogP contribution in [0.3, 0.4) is 0 Å². The van der Waals surface area contributed by atoms with Crippen LogP contribution in [0.25, 0.3) is 88.4 Å². The summed E-state index contributed by atoms with van der Waals surface area (Å²) in [5.74, 6) is 0. The molecule has 4 heteroatoms. The van der Waals surface area contributed by atoms with E-state index in [1.54, 1.807) is 0 Å². The van der Waals surface area contributed by atoms with Gasteiger partial charge in [-0.1, -0.05) is 132 Å². The van der Waals surface area contributed by atoms with Crippen molar-refractivity contribution >= 4 is 43.6 Å². The van der Waals surface area contributed by atoms with Crippen molar-refractivity contribution in [3.05, 3.63) is 192 Å². The Hall–Kier alpha value is -7.66. The Morgan fingerprint density at radius 3 is 1.25 bits per heavy atom. The molecule has 0 N–H and O–H groups in total. The number of nitrogens with zero attached hydrogens (tertiary/aromatic N) is 4. The van der Waals surface area contributed by atoms with Crippen LogP contribution in [0.4, 0.5) is 0 Å². The van der Waals surface area contributed by atoms with Gasteiger partial charge in [0.05, 0.1) is 56.7 Å². The molecule has 10 rings (SSSR count). The second-order valence-corrected chi connectivity index (χ2v) is 14.6. The van der Waals surface area contributed by atoms with Crippen LogP contribution < -0.4 is 0 Å². The number of hydrogen-bond donors (Lipinski definition) is 0. The Morgan fingerprint density at radius 1 is 0.357 bits per heavy atom. The van der Waals surface area contributed by atoms with Gasteiger partial charge < -0.3 is 9.13 Å². The highest BCUT2D eigenvalue weighted by atomic mass is 15.0. The Bertz CT molecular complexity index is 3100. The van der Waals surface area contributed by atoms with Crippen molar-refractivity contribution in [2.75, 3.05) is 0 Å². The van der Waals surface area contributed by atoms with Gasteiger partial charge in [0.15, 0.2) is 0 Å². The number of para-hydroxylation sites is 2. The summed E-state index contributed by atoms with van der Waals surface area (Å²) in [5, 5.41) is 25.2. The number of benzene rings is 8. The van der Waals surface area contributed by atoms with Crippen LogP contribution in [0.15, 0.2) is 170 Å². The second-order valence-electron chi connectivity index (χ2n) is 14.6. The first-order valence-electron chi connectivity index (χ1n) is 18.8. The summed E-state index contributed by atoms with van der Waals surface area (Å²) < 4.78 is 4.65. The van der Waals surface area contributed by atoms with Crippen LogP contribution >= 0.6 is 0 Å². The Kier molecular flexibility index (Phi) is 7.66. The summed E-state index contributed by atoms with van der Waals surface area (Å²) in [6, 6.07) is 64.3. The molecule has 8 aromatic carbocycles. The van der Waals surface area contributed by atoms with E-state index in [1.807, 2.05) is 36.4 Å². The first kappa shape index (κ1) is 32.9. The molecule has 0 saturated heterocycles. The van der Waals surface area contributed by atoms with E-state index in [0.29, 0.717) is 11.1 Å². The third-order valence-corrected chi connectivity index (χ3v) is 11.1. The van der Waals surface area contributed by atoms with Gasteiger partial charge in [-0.15, -0.1) is 0 Å². The lowest BCUT2D eigenvalue weighted by Crippen LogP contribution is -2.05. The van der Waals surface area contributed by atoms with Crippen molar-refractivity contribution in [2.24, 2.45) is 0 Å². The number of rotatable bonds is 5. The standard InChI is InChI=1S/C52H34N4/c1-33-9-7-11-38(25-33)40-21-23-44-42-13-3-5-15-46(42)55(48(44)29-40)50-27-36(32-54)28-51(52(50)37-19-17-35(31-53)18-20-37)56-47-16-6-4-14-43(47)45-24-22-41(30-49(45)56)39-12-8-10-34(2)26-39/h3-30H,1-2H3. The molecule has 0 aliphatic heterocycles. The Balaban J connectivity index is 1.36. The molecule has 0 saturated carbocycles. The molecule has 0 bridgehead atoms. The van der Waals surface area contributed by atoms with Gasteiger partial charge in [0.25, 0.3) is 0 Å². The van der Waals surface area contributed by atoms with Crippen LogP contribution in [0.2, 0.25) is 0 Å². The van der Waals surface area contributed by atoms with E-state index in [0.717, 1.165) is 88.4 Å². The monoisotopic (exact) mass is 714 g/mol. The lowest BCUT2D eigenvalue weighted by molar-refractivity contribution is 1.13. The highest BCUT2D eigenvalue weighted by Gasteiger charge is 2.24. The highest BCUT2D eigenvalue weighted by Crippen LogP contribution is 2.44. The summed E-state index contributed by atoms with van der Waals surface area (Å²) in [6.07, 6.45) is 0. The molecule has 0 amide bonds. The Morgan fingerprint density at radius 2 is 0.786 bits per heavy atom. The van der Waals surface area contributed by atoms with Gasteiger partial charge >= 0.3 is 0 Å². The average molecular weight is 715 g/mol. The number of fused-ring (bicyclic) bond motifs is 6. The molecule has 0 aliphatic carbocycles. The normalized spacial score (nSPS) is 11.4. The van der Waals surface area contributed by atoms with Crippen molar-refractivity contribution < 1.29 is 0 Å². The number of aryl methyl sites for hydroxylation is 2. The number of hydrogen-bond acceptors (Lipinski definition) is 2. The fraction of sp³-hybridized carbons (Fsp3) is 0.0385. The minimum absolute atomic E-state index is 0.550. The lowest BCUT2D eigenvalue weighted by Gasteiger charge is -2.21. The summed E-state index contributed by atoms with van der Waals surface area (Å²) in [5.41, 5.74) is 15.9. The van der Waals surface area contributed by atoms with Crippen molar-refractivity contribution in [2.45, 2.75) is 13.8 Å². The fourth-order valence-electron chi connectivity index (χ4n) is 8.50. The van der Waals surface area contributed by atoms with E-state index in [9.17, 15) is 10.5 Å². The number of nitriles is 2. The lowest BCUT2D eigenvalue weighted by atomic mass is 9.97. The van der Waals surface area contributed by atoms with Crippen LogP contribution in [0.1, 0.15) is 22.3 Å². The zero-order valence-electron chi connectivity index (χ0n) is 31.0. The molecule has 4 nitrogen and oxygen atoms in total. The maximum atomic E-state index is 10.8. The van der Waals surface area contributed by atoms with E-state index in [4.69, 9.17) is 0 Å². The van der Waals surface area contributed by atoms with Crippen molar-refractivity contribution in [3.8, 4) is 56.9 Å². The molecule has 0 fully saturated rings.